The van der Waals surface area contributed by atoms with Gasteiger partial charge >= 0.3 is 0 Å². The van der Waals surface area contributed by atoms with Crippen molar-refractivity contribution in [1.29, 1.82) is 0 Å². The third-order valence-electron chi connectivity index (χ3n) is 2.22. The molecule has 0 N–H and O–H groups in total. The fourth-order valence-electron chi connectivity index (χ4n) is 1.41. The van der Waals surface area contributed by atoms with Crippen LogP contribution in [0, 0.1) is 3.57 Å². The summed E-state index contributed by atoms with van der Waals surface area (Å²) in [6.45, 7) is 3.61. The molecule has 1 aromatic carbocycles. The molecular weight excluding hydrogens is 307 g/mol. The van der Waals surface area contributed by atoms with Crippen LogP contribution in [0.2, 0.25) is 0 Å². The maximum absolute atomic E-state index is 5.67. The molecule has 0 atom stereocenters. The van der Waals surface area contributed by atoms with Crippen molar-refractivity contribution >= 4 is 22.6 Å². The summed E-state index contributed by atoms with van der Waals surface area (Å²) >= 11 is 2.25. The van der Waals surface area contributed by atoms with Gasteiger partial charge in [0.1, 0.15) is 12.4 Å². The van der Waals surface area contributed by atoms with Crippen LogP contribution in [0.15, 0.2) is 24.3 Å². The van der Waals surface area contributed by atoms with Gasteiger partial charge < -0.3 is 14.2 Å². The van der Waals surface area contributed by atoms with Crippen LogP contribution in [-0.2, 0) is 9.47 Å². The summed E-state index contributed by atoms with van der Waals surface area (Å²) in [7, 11) is 0. The Balaban J connectivity index is 1.95. The van der Waals surface area contributed by atoms with Crippen LogP contribution < -0.4 is 4.74 Å². The molecule has 2 rings (SSSR count). The van der Waals surface area contributed by atoms with E-state index in [2.05, 4.69) is 22.6 Å². The predicted octanol–water partition coefficient (Wildman–Crippen LogP) is 2.43. The molecule has 0 bridgehead atoms. The number of halogens is 1. The number of para-hydroxylation sites is 1. The van der Waals surface area contributed by atoms with Gasteiger partial charge in [-0.25, -0.2) is 0 Å². The van der Waals surface area contributed by atoms with Crippen LogP contribution in [0.3, 0.4) is 0 Å². The molecule has 15 heavy (non-hydrogen) atoms. The molecule has 0 amide bonds. The molecule has 82 valence electrons. The Hall–Kier alpha value is -0.330. The topological polar surface area (TPSA) is 27.7 Å². The molecule has 1 fully saturated rings. The van der Waals surface area contributed by atoms with Crippen LogP contribution in [0.25, 0.3) is 0 Å². The zero-order valence-corrected chi connectivity index (χ0v) is 10.7. The largest absolute Gasteiger partial charge is 0.487 e. The van der Waals surface area contributed by atoms with Gasteiger partial charge in [0, 0.05) is 0 Å². The van der Waals surface area contributed by atoms with Crippen molar-refractivity contribution < 1.29 is 14.2 Å². The molecule has 0 aromatic heterocycles. The van der Waals surface area contributed by atoms with E-state index in [4.69, 9.17) is 14.2 Å². The average Bonchev–Trinajstić information content (AvgIpc) is 2.65. The number of hydrogen-bond donors (Lipinski definition) is 0. The highest BCUT2D eigenvalue weighted by Crippen LogP contribution is 2.24. The highest BCUT2D eigenvalue weighted by molar-refractivity contribution is 14.1. The van der Waals surface area contributed by atoms with Gasteiger partial charge in [0.05, 0.1) is 16.8 Å². The normalized spacial score (nSPS) is 19.1. The second-order valence-electron chi connectivity index (χ2n) is 3.55. The van der Waals surface area contributed by atoms with Crippen molar-refractivity contribution in [3.05, 3.63) is 27.8 Å². The molecule has 3 nitrogen and oxygen atoms in total. The van der Waals surface area contributed by atoms with Crippen molar-refractivity contribution in [3.63, 3.8) is 0 Å². The maximum Gasteiger partial charge on any atom is 0.200 e. The summed E-state index contributed by atoms with van der Waals surface area (Å²) in [5.74, 6) is 0.289. The lowest BCUT2D eigenvalue weighted by Gasteiger charge is -2.22. The fourth-order valence-corrected chi connectivity index (χ4v) is 1.95. The smallest absolute Gasteiger partial charge is 0.200 e. The highest BCUT2D eigenvalue weighted by Gasteiger charge is 2.31. The molecule has 0 aliphatic carbocycles. The Morgan fingerprint density at radius 1 is 1.33 bits per heavy atom. The minimum atomic E-state index is -0.584. The van der Waals surface area contributed by atoms with E-state index in [-0.39, 0.29) is 0 Å². The summed E-state index contributed by atoms with van der Waals surface area (Å²) in [6, 6.07) is 7.89. The van der Waals surface area contributed by atoms with Crippen LogP contribution in [-0.4, -0.2) is 25.6 Å². The third kappa shape index (κ3) is 2.83. The Kier molecular flexibility index (Phi) is 3.48. The van der Waals surface area contributed by atoms with E-state index in [1.54, 1.807) is 0 Å². The van der Waals surface area contributed by atoms with Crippen molar-refractivity contribution in [3.8, 4) is 5.75 Å². The lowest BCUT2D eigenvalue weighted by atomic mass is 10.3. The molecule has 0 radical (unpaired) electrons. The molecule has 1 heterocycles. The zero-order valence-electron chi connectivity index (χ0n) is 8.53. The monoisotopic (exact) mass is 320 g/mol. The molecule has 1 aromatic rings. The van der Waals surface area contributed by atoms with Crippen molar-refractivity contribution in [2.24, 2.45) is 0 Å². The Morgan fingerprint density at radius 3 is 2.67 bits per heavy atom. The quantitative estimate of drug-likeness (QED) is 0.801. The molecule has 4 heteroatoms. The first-order chi connectivity index (χ1) is 7.20. The van der Waals surface area contributed by atoms with Crippen molar-refractivity contribution in [2.45, 2.75) is 12.7 Å². The molecule has 1 aliphatic heterocycles. The lowest BCUT2D eigenvalue weighted by Crippen LogP contribution is -2.33. The van der Waals surface area contributed by atoms with E-state index in [0.29, 0.717) is 19.8 Å². The van der Waals surface area contributed by atoms with Gasteiger partial charge in [-0.15, -0.1) is 0 Å². The van der Waals surface area contributed by atoms with Gasteiger partial charge in [-0.3, -0.25) is 0 Å². The van der Waals surface area contributed by atoms with E-state index >= 15 is 0 Å². The Labute approximate surface area is 103 Å². The number of rotatable bonds is 3. The van der Waals surface area contributed by atoms with Crippen LogP contribution in [0.1, 0.15) is 6.92 Å². The van der Waals surface area contributed by atoms with Crippen LogP contribution >= 0.6 is 22.6 Å². The van der Waals surface area contributed by atoms with Crippen molar-refractivity contribution in [2.75, 3.05) is 19.8 Å². The van der Waals surface area contributed by atoms with Crippen LogP contribution in [0.5, 0.6) is 5.75 Å². The summed E-state index contributed by atoms with van der Waals surface area (Å²) in [6.07, 6.45) is 0. The summed E-state index contributed by atoms with van der Waals surface area (Å²) in [5, 5.41) is 0. The first-order valence-corrected chi connectivity index (χ1v) is 5.93. The second-order valence-corrected chi connectivity index (χ2v) is 4.71. The maximum atomic E-state index is 5.67. The molecular formula is C11H13IO3. The van der Waals surface area contributed by atoms with E-state index in [1.807, 2.05) is 31.2 Å². The molecule has 0 unspecified atom stereocenters. The standard InChI is InChI=1S/C11H13IO3/c1-11(14-6-7-15-11)8-13-10-5-3-2-4-9(10)12/h2-5H,6-8H2,1H3. The van der Waals surface area contributed by atoms with Crippen molar-refractivity contribution in [1.82, 2.24) is 0 Å². The minimum absolute atomic E-state index is 0.424. The van der Waals surface area contributed by atoms with Gasteiger partial charge in [0.15, 0.2) is 5.79 Å². The number of hydrogen-bond acceptors (Lipinski definition) is 3. The highest BCUT2D eigenvalue weighted by atomic mass is 127. The molecule has 0 spiro atoms. The molecule has 1 aliphatic rings. The van der Waals surface area contributed by atoms with Gasteiger partial charge in [-0.05, 0) is 41.6 Å². The Morgan fingerprint density at radius 2 is 2.00 bits per heavy atom. The van der Waals surface area contributed by atoms with Gasteiger partial charge in [-0.2, -0.15) is 0 Å². The Bertz CT molecular complexity index is 334. The van der Waals surface area contributed by atoms with E-state index < -0.39 is 5.79 Å². The number of benzene rings is 1. The number of ether oxygens (including phenoxy) is 3. The predicted molar refractivity (Wildman–Crippen MR) is 65.0 cm³/mol. The molecule has 0 saturated carbocycles. The second kappa shape index (κ2) is 4.67. The zero-order chi connectivity index (χ0) is 10.7. The van der Waals surface area contributed by atoms with E-state index in [1.165, 1.54) is 0 Å². The fraction of sp³-hybridized carbons (Fsp3) is 0.455. The summed E-state index contributed by atoms with van der Waals surface area (Å²) in [5.41, 5.74) is 0. The van der Waals surface area contributed by atoms with E-state index in [9.17, 15) is 0 Å². The molecule has 1 saturated heterocycles. The SMILES string of the molecule is CC1(COc2ccccc2I)OCCO1. The van der Waals surface area contributed by atoms with Gasteiger partial charge in [0.25, 0.3) is 0 Å². The first-order valence-electron chi connectivity index (χ1n) is 4.85. The van der Waals surface area contributed by atoms with E-state index in [0.717, 1.165) is 9.32 Å². The lowest BCUT2D eigenvalue weighted by molar-refractivity contribution is -0.162. The minimum Gasteiger partial charge on any atom is -0.487 e. The third-order valence-corrected chi connectivity index (χ3v) is 3.12. The first kappa shape index (κ1) is 11.2. The van der Waals surface area contributed by atoms with Gasteiger partial charge in [-0.1, -0.05) is 12.1 Å². The summed E-state index contributed by atoms with van der Waals surface area (Å²) in [4.78, 5) is 0. The van der Waals surface area contributed by atoms with Crippen LogP contribution in [0.4, 0.5) is 0 Å². The average molecular weight is 320 g/mol. The summed E-state index contributed by atoms with van der Waals surface area (Å²) < 4.78 is 17.7. The van der Waals surface area contributed by atoms with Gasteiger partial charge in [0.2, 0.25) is 0 Å².